The molecular formula is C24H23FN6O2. The zero-order valence-corrected chi connectivity index (χ0v) is 18.1. The van der Waals surface area contributed by atoms with Crippen molar-refractivity contribution in [2.24, 2.45) is 0 Å². The molecule has 0 unspecified atom stereocenters. The molecule has 2 amide bonds. The minimum atomic E-state index is -0.448. The van der Waals surface area contributed by atoms with Crippen molar-refractivity contribution in [2.45, 2.75) is 31.7 Å². The summed E-state index contributed by atoms with van der Waals surface area (Å²) < 4.78 is 21.1. The van der Waals surface area contributed by atoms with Crippen LogP contribution in [0, 0.1) is 5.82 Å². The molecule has 4 aromatic rings. The van der Waals surface area contributed by atoms with Crippen LogP contribution in [0.4, 0.5) is 15.1 Å². The van der Waals surface area contributed by atoms with E-state index in [1.165, 1.54) is 13.2 Å². The molecule has 8 nitrogen and oxygen atoms in total. The van der Waals surface area contributed by atoms with E-state index in [1.54, 1.807) is 6.20 Å². The third kappa shape index (κ3) is 4.34. The fourth-order valence-corrected chi connectivity index (χ4v) is 4.21. The Kier molecular flexibility index (Phi) is 5.60. The fourth-order valence-electron chi connectivity index (χ4n) is 4.21. The van der Waals surface area contributed by atoms with Gasteiger partial charge in [0.2, 0.25) is 11.8 Å². The van der Waals surface area contributed by atoms with E-state index in [0.29, 0.717) is 17.0 Å². The molecule has 0 bridgehead atoms. The number of anilines is 1. The van der Waals surface area contributed by atoms with Crippen LogP contribution in [0.1, 0.15) is 25.7 Å². The molecule has 1 saturated carbocycles. The first-order valence-corrected chi connectivity index (χ1v) is 10.8. The number of benzene rings is 1. The first-order valence-electron chi connectivity index (χ1n) is 10.8. The van der Waals surface area contributed by atoms with Gasteiger partial charge in [-0.05, 0) is 49.2 Å². The third-order valence-corrected chi connectivity index (χ3v) is 5.80. The van der Waals surface area contributed by atoms with Crippen LogP contribution in [0.3, 0.4) is 0 Å². The lowest BCUT2D eigenvalue weighted by Gasteiger charge is -2.13. The number of ether oxygens (including phenoxy) is 1. The first-order chi connectivity index (χ1) is 16.1. The van der Waals surface area contributed by atoms with Crippen LogP contribution in [0.15, 0.2) is 55.0 Å². The van der Waals surface area contributed by atoms with Crippen molar-refractivity contribution in [3.63, 3.8) is 0 Å². The Balaban J connectivity index is 1.45. The van der Waals surface area contributed by atoms with E-state index < -0.39 is 5.82 Å². The highest BCUT2D eigenvalue weighted by Gasteiger charge is 2.18. The van der Waals surface area contributed by atoms with E-state index in [1.807, 2.05) is 41.1 Å². The molecule has 1 aromatic carbocycles. The lowest BCUT2D eigenvalue weighted by atomic mass is 10.1. The molecule has 0 saturated heterocycles. The van der Waals surface area contributed by atoms with Crippen LogP contribution in [-0.2, 0) is 0 Å². The van der Waals surface area contributed by atoms with Crippen molar-refractivity contribution in [3.8, 4) is 22.8 Å². The number of methoxy groups -OCH3 is 1. The van der Waals surface area contributed by atoms with E-state index in [9.17, 15) is 9.18 Å². The number of urea groups is 1. The van der Waals surface area contributed by atoms with Crippen LogP contribution < -0.4 is 15.4 Å². The molecular weight excluding hydrogens is 423 g/mol. The number of carbonyl (C=O) groups excluding carboxylic acids is 1. The highest BCUT2D eigenvalue weighted by atomic mass is 19.1. The lowest BCUT2D eigenvalue weighted by Crippen LogP contribution is -2.36. The van der Waals surface area contributed by atoms with Gasteiger partial charge in [-0.2, -0.15) is 0 Å². The Labute approximate surface area is 189 Å². The number of pyridine rings is 1. The second kappa shape index (κ2) is 8.85. The van der Waals surface area contributed by atoms with Crippen LogP contribution in [-0.4, -0.2) is 38.7 Å². The van der Waals surface area contributed by atoms with Gasteiger partial charge in [0, 0.05) is 29.5 Å². The average molecular weight is 446 g/mol. The summed E-state index contributed by atoms with van der Waals surface area (Å²) in [5, 5.41) is 6.53. The zero-order chi connectivity index (χ0) is 22.8. The second-order valence-corrected chi connectivity index (χ2v) is 7.99. The largest absolute Gasteiger partial charge is 0.481 e. The molecule has 2 N–H and O–H groups in total. The molecule has 1 fully saturated rings. The van der Waals surface area contributed by atoms with Gasteiger partial charge in [-0.25, -0.2) is 24.1 Å². The number of nitrogens with one attached hydrogen (secondary N) is 2. The zero-order valence-electron chi connectivity index (χ0n) is 18.1. The van der Waals surface area contributed by atoms with E-state index >= 15 is 0 Å². The summed E-state index contributed by atoms with van der Waals surface area (Å²) in [5.74, 6) is 0.120. The predicted octanol–water partition coefficient (Wildman–Crippen LogP) is 4.69. The summed E-state index contributed by atoms with van der Waals surface area (Å²) >= 11 is 0. The highest BCUT2D eigenvalue weighted by Crippen LogP contribution is 2.31. The van der Waals surface area contributed by atoms with E-state index in [2.05, 4.69) is 25.6 Å². The van der Waals surface area contributed by atoms with Gasteiger partial charge in [-0.3, -0.25) is 5.32 Å². The summed E-state index contributed by atoms with van der Waals surface area (Å²) in [5.41, 5.74) is 2.74. The Bertz CT molecular complexity index is 1320. The van der Waals surface area contributed by atoms with Crippen molar-refractivity contribution in [2.75, 3.05) is 12.4 Å². The minimum Gasteiger partial charge on any atom is -0.481 e. The Morgan fingerprint density at radius 1 is 1.15 bits per heavy atom. The smallest absolute Gasteiger partial charge is 0.321 e. The van der Waals surface area contributed by atoms with Gasteiger partial charge in [0.25, 0.3) is 0 Å². The number of carbonyl (C=O) groups is 1. The van der Waals surface area contributed by atoms with Crippen molar-refractivity contribution in [1.29, 1.82) is 0 Å². The predicted molar refractivity (Wildman–Crippen MR) is 123 cm³/mol. The maximum Gasteiger partial charge on any atom is 0.321 e. The van der Waals surface area contributed by atoms with Crippen LogP contribution >= 0.6 is 0 Å². The van der Waals surface area contributed by atoms with Gasteiger partial charge in [0.05, 0.1) is 30.1 Å². The molecule has 0 atom stereocenters. The van der Waals surface area contributed by atoms with Gasteiger partial charge >= 0.3 is 6.03 Å². The summed E-state index contributed by atoms with van der Waals surface area (Å²) in [6.45, 7) is 0. The number of rotatable bonds is 5. The van der Waals surface area contributed by atoms with Gasteiger partial charge in [0.15, 0.2) is 0 Å². The molecule has 3 heterocycles. The number of aromatic nitrogens is 4. The summed E-state index contributed by atoms with van der Waals surface area (Å²) in [4.78, 5) is 25.1. The Hall–Kier alpha value is -4.01. The summed E-state index contributed by atoms with van der Waals surface area (Å²) in [7, 11) is 1.50. The quantitative estimate of drug-likeness (QED) is 0.464. The standard InChI is InChI=1S/C24H23FN6O2/c1-33-22-19(11-16(25)14-26-22)21-7-4-10-31(21)18-9-8-15-13-27-23(29-20(15)12-18)30-24(32)28-17-5-2-3-6-17/h4,7-14,17H,2-3,5-6H2,1H3,(H2,27,28,29,30,32). The molecule has 5 rings (SSSR count). The van der Waals surface area contributed by atoms with Crippen molar-refractivity contribution in [1.82, 2.24) is 24.8 Å². The Morgan fingerprint density at radius 3 is 2.82 bits per heavy atom. The number of hydrogen-bond donors (Lipinski definition) is 2. The maximum absolute atomic E-state index is 13.9. The molecule has 1 aliphatic rings. The van der Waals surface area contributed by atoms with Crippen LogP contribution in [0.5, 0.6) is 5.88 Å². The van der Waals surface area contributed by atoms with Crippen molar-refractivity contribution < 1.29 is 13.9 Å². The molecule has 0 spiro atoms. The van der Waals surface area contributed by atoms with E-state index in [-0.39, 0.29) is 18.0 Å². The van der Waals surface area contributed by atoms with Gasteiger partial charge in [-0.1, -0.05) is 12.8 Å². The first kappa shape index (κ1) is 20.9. The van der Waals surface area contributed by atoms with Crippen LogP contribution in [0.2, 0.25) is 0 Å². The highest BCUT2D eigenvalue weighted by molar-refractivity contribution is 5.89. The van der Waals surface area contributed by atoms with Crippen molar-refractivity contribution in [3.05, 3.63) is 60.8 Å². The second-order valence-electron chi connectivity index (χ2n) is 7.99. The van der Waals surface area contributed by atoms with Gasteiger partial charge < -0.3 is 14.6 Å². The van der Waals surface area contributed by atoms with Gasteiger partial charge in [0.1, 0.15) is 5.82 Å². The summed E-state index contributed by atoms with van der Waals surface area (Å²) in [6, 6.07) is 10.8. The maximum atomic E-state index is 13.9. The number of fused-ring (bicyclic) bond motifs is 1. The molecule has 168 valence electrons. The van der Waals surface area contributed by atoms with E-state index in [0.717, 1.165) is 48.6 Å². The normalized spacial score (nSPS) is 13.9. The van der Waals surface area contributed by atoms with E-state index in [4.69, 9.17) is 4.74 Å². The SMILES string of the molecule is COc1ncc(F)cc1-c1cccn1-c1ccc2cnc(NC(=O)NC3CCCC3)nc2c1. The van der Waals surface area contributed by atoms with Crippen molar-refractivity contribution >= 4 is 22.9 Å². The number of halogens is 1. The average Bonchev–Trinajstić information content (AvgIpc) is 3.50. The molecule has 0 radical (unpaired) electrons. The summed E-state index contributed by atoms with van der Waals surface area (Å²) in [6.07, 6.45) is 8.95. The number of amides is 2. The molecule has 1 aliphatic carbocycles. The Morgan fingerprint density at radius 2 is 2.00 bits per heavy atom. The number of nitrogens with zero attached hydrogens (tertiary/aromatic N) is 4. The fraction of sp³-hybridized carbons (Fsp3) is 0.250. The molecule has 33 heavy (non-hydrogen) atoms. The monoisotopic (exact) mass is 446 g/mol. The van der Waals surface area contributed by atoms with Crippen LogP contribution in [0.25, 0.3) is 27.8 Å². The molecule has 3 aromatic heterocycles. The van der Waals surface area contributed by atoms with Gasteiger partial charge in [-0.15, -0.1) is 0 Å². The molecule has 0 aliphatic heterocycles. The topological polar surface area (TPSA) is 94.0 Å². The molecule has 9 heteroatoms. The third-order valence-electron chi connectivity index (χ3n) is 5.80. The lowest BCUT2D eigenvalue weighted by molar-refractivity contribution is 0.248. The number of hydrogen-bond acceptors (Lipinski definition) is 5. The minimum absolute atomic E-state index is 0.207.